The molecule has 1 atom stereocenters. The quantitative estimate of drug-likeness (QED) is 0.357. The third-order valence-corrected chi connectivity index (χ3v) is 4.12. The molecule has 0 aliphatic carbocycles. The predicted molar refractivity (Wildman–Crippen MR) is 114 cm³/mol. The molecule has 0 fully saturated rings. The highest BCUT2D eigenvalue weighted by Crippen LogP contribution is 2.13. The van der Waals surface area contributed by atoms with Crippen LogP contribution in [0.4, 0.5) is 0 Å². The lowest BCUT2D eigenvalue weighted by atomic mass is 10.1. The van der Waals surface area contributed by atoms with Crippen LogP contribution < -0.4 is 10.1 Å². The molecule has 0 saturated carbocycles. The Kier molecular flexibility index (Phi) is 9.22. The second-order valence-corrected chi connectivity index (χ2v) is 6.60. The topological polar surface area (TPSA) is 64.6 Å². The number of hydrogen-bond acceptors (Lipinski definition) is 4. The average Bonchev–Trinajstić information content (AvgIpc) is 2.75. The molecule has 2 rings (SSSR count). The zero-order valence-corrected chi connectivity index (χ0v) is 16.7. The highest BCUT2D eigenvalue weighted by atomic mass is 16.5. The van der Waals surface area contributed by atoms with Crippen molar-refractivity contribution in [3.8, 4) is 5.75 Å². The van der Waals surface area contributed by atoms with Crippen LogP contribution in [0.1, 0.15) is 24.5 Å². The molecule has 0 radical (unpaired) electrons. The Balaban J connectivity index is 1.67. The van der Waals surface area contributed by atoms with Crippen molar-refractivity contribution in [2.24, 2.45) is 0 Å². The third-order valence-electron chi connectivity index (χ3n) is 4.12. The minimum absolute atomic E-state index is 0.00114. The Morgan fingerprint density at radius 2 is 1.83 bits per heavy atom. The van der Waals surface area contributed by atoms with Gasteiger partial charge in [-0.2, -0.15) is 0 Å². The van der Waals surface area contributed by atoms with Crippen molar-refractivity contribution in [3.05, 3.63) is 84.5 Å². The number of amides is 1. The summed E-state index contributed by atoms with van der Waals surface area (Å²) in [6, 6.07) is 17.3. The molecule has 1 N–H and O–H groups in total. The minimum Gasteiger partial charge on any atom is -0.490 e. The molecule has 0 saturated heterocycles. The van der Waals surface area contributed by atoms with E-state index in [9.17, 15) is 9.59 Å². The summed E-state index contributed by atoms with van der Waals surface area (Å²) >= 11 is 0. The summed E-state index contributed by atoms with van der Waals surface area (Å²) in [6.07, 6.45) is 6.29. The summed E-state index contributed by atoms with van der Waals surface area (Å²) in [7, 11) is 0. The fourth-order valence-electron chi connectivity index (χ4n) is 2.60. The molecule has 0 aromatic heterocycles. The first-order valence-electron chi connectivity index (χ1n) is 9.58. The molecule has 0 unspecified atom stereocenters. The second kappa shape index (κ2) is 12.2. The van der Waals surface area contributed by atoms with Crippen molar-refractivity contribution in [2.45, 2.75) is 25.8 Å². The van der Waals surface area contributed by atoms with Crippen LogP contribution in [0, 0.1) is 0 Å². The number of rotatable bonds is 11. The molecule has 152 valence electrons. The Morgan fingerprint density at radius 3 is 2.52 bits per heavy atom. The normalized spacial score (nSPS) is 11.6. The Hall–Kier alpha value is -3.34. The Bertz CT molecular complexity index is 813. The van der Waals surface area contributed by atoms with Gasteiger partial charge in [0.15, 0.2) is 6.61 Å². The number of carbonyl (C=O) groups is 2. The lowest BCUT2D eigenvalue weighted by Gasteiger charge is -2.13. The van der Waals surface area contributed by atoms with E-state index < -0.39 is 5.97 Å². The van der Waals surface area contributed by atoms with Gasteiger partial charge in [0.1, 0.15) is 12.4 Å². The van der Waals surface area contributed by atoms with Gasteiger partial charge in [-0.1, -0.05) is 55.1 Å². The van der Waals surface area contributed by atoms with Gasteiger partial charge in [-0.15, -0.1) is 0 Å². The SMILES string of the molecule is C=CCOc1ccc(/C=C/C(=O)OCC(=O)N[C@H](C)CCc2ccccc2)cc1. The summed E-state index contributed by atoms with van der Waals surface area (Å²) in [5.74, 6) is -0.150. The van der Waals surface area contributed by atoms with Crippen molar-refractivity contribution < 1.29 is 19.1 Å². The van der Waals surface area contributed by atoms with Crippen molar-refractivity contribution in [2.75, 3.05) is 13.2 Å². The largest absolute Gasteiger partial charge is 0.490 e. The van der Waals surface area contributed by atoms with Crippen LogP contribution in [-0.4, -0.2) is 31.1 Å². The van der Waals surface area contributed by atoms with Crippen LogP contribution in [0.2, 0.25) is 0 Å². The Labute approximate surface area is 172 Å². The molecule has 1 amide bonds. The van der Waals surface area contributed by atoms with E-state index in [0.717, 1.165) is 24.2 Å². The zero-order valence-electron chi connectivity index (χ0n) is 16.7. The van der Waals surface area contributed by atoms with Gasteiger partial charge in [-0.05, 0) is 49.1 Å². The maximum atomic E-state index is 11.9. The number of carbonyl (C=O) groups excluding carboxylic acids is 2. The highest BCUT2D eigenvalue weighted by Gasteiger charge is 2.09. The molecule has 29 heavy (non-hydrogen) atoms. The standard InChI is InChI=1S/C24H27NO4/c1-3-17-28-22-14-11-21(12-15-22)13-16-24(27)29-18-23(26)25-19(2)9-10-20-7-5-4-6-8-20/h3-8,11-16,19H,1,9-10,17-18H2,2H3,(H,25,26)/b16-13+/t19-/m1/s1. The lowest BCUT2D eigenvalue weighted by Crippen LogP contribution is -2.36. The molecule has 5 nitrogen and oxygen atoms in total. The van der Waals surface area contributed by atoms with Gasteiger partial charge in [-0.25, -0.2) is 4.79 Å². The fourth-order valence-corrected chi connectivity index (χ4v) is 2.60. The van der Waals surface area contributed by atoms with E-state index in [1.54, 1.807) is 24.3 Å². The van der Waals surface area contributed by atoms with Crippen LogP contribution >= 0.6 is 0 Å². The van der Waals surface area contributed by atoms with Crippen LogP contribution in [0.25, 0.3) is 6.08 Å². The molecule has 2 aromatic rings. The summed E-state index contributed by atoms with van der Waals surface area (Å²) < 4.78 is 10.4. The third kappa shape index (κ3) is 8.93. The van der Waals surface area contributed by atoms with Gasteiger partial charge in [0.25, 0.3) is 5.91 Å². The first-order valence-corrected chi connectivity index (χ1v) is 9.58. The number of esters is 1. The molecule has 0 aliphatic heterocycles. The van der Waals surface area contributed by atoms with Crippen molar-refractivity contribution in [3.63, 3.8) is 0 Å². The van der Waals surface area contributed by atoms with Gasteiger partial charge in [0, 0.05) is 12.1 Å². The van der Waals surface area contributed by atoms with E-state index >= 15 is 0 Å². The first-order chi connectivity index (χ1) is 14.1. The molecule has 5 heteroatoms. The van der Waals surface area contributed by atoms with Gasteiger partial charge < -0.3 is 14.8 Å². The van der Waals surface area contributed by atoms with Crippen LogP contribution in [0.5, 0.6) is 5.75 Å². The second-order valence-electron chi connectivity index (χ2n) is 6.60. The van der Waals surface area contributed by atoms with Crippen molar-refractivity contribution in [1.82, 2.24) is 5.32 Å². The van der Waals surface area contributed by atoms with Gasteiger partial charge in [-0.3, -0.25) is 4.79 Å². The van der Waals surface area contributed by atoms with Gasteiger partial charge >= 0.3 is 5.97 Å². The van der Waals surface area contributed by atoms with Gasteiger partial charge in [0.05, 0.1) is 0 Å². The van der Waals surface area contributed by atoms with E-state index in [1.165, 1.54) is 11.6 Å². The smallest absolute Gasteiger partial charge is 0.331 e. The number of benzene rings is 2. The fraction of sp³-hybridized carbons (Fsp3) is 0.250. The van der Waals surface area contributed by atoms with E-state index in [2.05, 4.69) is 24.0 Å². The maximum absolute atomic E-state index is 11.9. The van der Waals surface area contributed by atoms with Crippen molar-refractivity contribution >= 4 is 18.0 Å². The van der Waals surface area contributed by atoms with Gasteiger partial charge in [0.2, 0.25) is 0 Å². The predicted octanol–water partition coefficient (Wildman–Crippen LogP) is 3.95. The first kappa shape index (κ1) is 22.0. The summed E-state index contributed by atoms with van der Waals surface area (Å²) in [4.78, 5) is 23.7. The van der Waals surface area contributed by atoms with E-state index in [4.69, 9.17) is 9.47 Å². The number of ether oxygens (including phenoxy) is 2. The summed E-state index contributed by atoms with van der Waals surface area (Å²) in [5, 5.41) is 2.84. The highest BCUT2D eigenvalue weighted by molar-refractivity contribution is 5.89. The van der Waals surface area contributed by atoms with Crippen LogP contribution in [0.3, 0.4) is 0 Å². The monoisotopic (exact) mass is 393 g/mol. The Morgan fingerprint density at radius 1 is 1.10 bits per heavy atom. The number of hydrogen-bond donors (Lipinski definition) is 1. The van der Waals surface area contributed by atoms with Crippen molar-refractivity contribution in [1.29, 1.82) is 0 Å². The molecule has 0 aliphatic rings. The van der Waals surface area contributed by atoms with E-state index in [1.807, 2.05) is 37.3 Å². The molecule has 0 heterocycles. The van der Waals surface area contributed by atoms with Crippen LogP contribution in [-0.2, 0) is 20.7 Å². The zero-order chi connectivity index (χ0) is 20.9. The maximum Gasteiger partial charge on any atom is 0.331 e. The van der Waals surface area contributed by atoms with Crippen LogP contribution in [0.15, 0.2) is 73.3 Å². The number of aryl methyl sites for hydroxylation is 1. The average molecular weight is 393 g/mol. The van der Waals surface area contributed by atoms with E-state index in [0.29, 0.717) is 6.61 Å². The number of nitrogens with one attached hydrogen (secondary N) is 1. The molecule has 0 spiro atoms. The molecule has 2 aromatic carbocycles. The molecule has 0 bridgehead atoms. The summed E-state index contributed by atoms with van der Waals surface area (Å²) in [6.45, 7) is 5.67. The molecular formula is C24H27NO4. The lowest BCUT2D eigenvalue weighted by molar-refractivity contribution is -0.144. The van der Waals surface area contributed by atoms with E-state index in [-0.39, 0.29) is 18.6 Å². The molecular weight excluding hydrogens is 366 g/mol. The summed E-state index contributed by atoms with van der Waals surface area (Å²) in [5.41, 5.74) is 2.05. The minimum atomic E-state index is -0.566.